The SMILES string of the molecule is O=C(CSCC(=O)N1CCC(c2nc(-c3cc(-c4ccc(Cl)c(Cl)c4)no3)cs2)CC1)Nc1ccccn1. The number of benzene rings is 1. The second-order valence-corrected chi connectivity index (χ2v) is 11.4. The van der Waals surface area contributed by atoms with Gasteiger partial charge in [0.15, 0.2) is 5.76 Å². The minimum atomic E-state index is -0.171. The monoisotopic (exact) mass is 587 g/mol. The molecule has 1 aliphatic heterocycles. The zero-order valence-corrected chi connectivity index (χ0v) is 23.2. The first-order chi connectivity index (χ1) is 18.5. The van der Waals surface area contributed by atoms with Crippen molar-refractivity contribution in [3.05, 3.63) is 69.1 Å². The molecule has 8 nitrogen and oxygen atoms in total. The number of carbonyl (C=O) groups is 2. The van der Waals surface area contributed by atoms with Crippen LogP contribution in [0.3, 0.4) is 0 Å². The highest BCUT2D eigenvalue weighted by atomic mass is 35.5. The Morgan fingerprint density at radius 2 is 1.92 bits per heavy atom. The lowest BCUT2D eigenvalue weighted by molar-refractivity contribution is -0.129. The van der Waals surface area contributed by atoms with Crippen molar-refractivity contribution in [3.8, 4) is 22.7 Å². The maximum Gasteiger partial charge on any atom is 0.235 e. The maximum absolute atomic E-state index is 12.6. The van der Waals surface area contributed by atoms with Crippen LogP contribution in [-0.4, -0.2) is 56.4 Å². The fourth-order valence-electron chi connectivity index (χ4n) is 4.09. The van der Waals surface area contributed by atoms with E-state index in [4.69, 9.17) is 32.7 Å². The zero-order chi connectivity index (χ0) is 26.5. The van der Waals surface area contributed by atoms with Crippen molar-refractivity contribution in [2.24, 2.45) is 0 Å². The van der Waals surface area contributed by atoms with E-state index >= 15 is 0 Å². The molecule has 0 saturated carbocycles. The van der Waals surface area contributed by atoms with Crippen molar-refractivity contribution < 1.29 is 14.1 Å². The van der Waals surface area contributed by atoms with Crippen LogP contribution in [0, 0.1) is 0 Å². The molecule has 2 amide bonds. The fourth-order valence-corrected chi connectivity index (χ4v) is 6.08. The van der Waals surface area contributed by atoms with Gasteiger partial charge in [0.1, 0.15) is 17.2 Å². The molecule has 1 aromatic carbocycles. The number of aromatic nitrogens is 3. The summed E-state index contributed by atoms with van der Waals surface area (Å²) in [7, 11) is 0. The highest BCUT2D eigenvalue weighted by molar-refractivity contribution is 8.00. The van der Waals surface area contributed by atoms with Crippen molar-refractivity contribution in [2.45, 2.75) is 18.8 Å². The van der Waals surface area contributed by atoms with Crippen LogP contribution in [0.2, 0.25) is 10.0 Å². The Kier molecular flexibility index (Phi) is 8.63. The zero-order valence-electron chi connectivity index (χ0n) is 20.1. The minimum Gasteiger partial charge on any atom is -0.354 e. The summed E-state index contributed by atoms with van der Waals surface area (Å²) in [5.41, 5.74) is 2.21. The van der Waals surface area contributed by atoms with E-state index in [1.807, 2.05) is 22.4 Å². The average molecular weight is 589 g/mol. The molecule has 1 fully saturated rings. The summed E-state index contributed by atoms with van der Waals surface area (Å²) in [5, 5.41) is 10.8. The number of pyridine rings is 1. The molecule has 4 aromatic rings. The van der Waals surface area contributed by atoms with Crippen molar-refractivity contribution >= 4 is 63.9 Å². The fraction of sp³-hybridized carbons (Fsp3) is 0.269. The second kappa shape index (κ2) is 12.3. The number of hydrogen-bond donors (Lipinski definition) is 1. The van der Waals surface area contributed by atoms with Crippen molar-refractivity contribution in [1.82, 2.24) is 20.0 Å². The molecule has 0 radical (unpaired) electrons. The molecule has 12 heteroatoms. The summed E-state index contributed by atoms with van der Waals surface area (Å²) >= 11 is 15.0. The van der Waals surface area contributed by atoms with Gasteiger partial charge in [0.2, 0.25) is 11.8 Å². The lowest BCUT2D eigenvalue weighted by Crippen LogP contribution is -2.39. The number of hydrogen-bond acceptors (Lipinski definition) is 8. The number of likely N-dealkylation sites (tertiary alicyclic amines) is 1. The van der Waals surface area contributed by atoms with E-state index in [1.54, 1.807) is 47.9 Å². The van der Waals surface area contributed by atoms with Crippen LogP contribution in [0.25, 0.3) is 22.7 Å². The molecule has 0 spiro atoms. The van der Waals surface area contributed by atoms with Gasteiger partial charge in [-0.15, -0.1) is 23.1 Å². The Hall–Kier alpha value is -2.92. The van der Waals surface area contributed by atoms with E-state index in [0.717, 1.165) is 29.1 Å². The van der Waals surface area contributed by atoms with Crippen LogP contribution in [0.1, 0.15) is 23.8 Å². The van der Waals surface area contributed by atoms with Gasteiger partial charge in [-0.3, -0.25) is 9.59 Å². The largest absolute Gasteiger partial charge is 0.354 e. The van der Waals surface area contributed by atoms with E-state index in [2.05, 4.69) is 15.5 Å². The predicted molar refractivity (Wildman–Crippen MR) is 152 cm³/mol. The summed E-state index contributed by atoms with van der Waals surface area (Å²) in [5.74, 6) is 1.74. The van der Waals surface area contributed by atoms with Crippen LogP contribution in [0.4, 0.5) is 5.82 Å². The Labute approximate surface area is 237 Å². The topological polar surface area (TPSA) is 101 Å². The lowest BCUT2D eigenvalue weighted by Gasteiger charge is -2.31. The van der Waals surface area contributed by atoms with Crippen LogP contribution < -0.4 is 5.32 Å². The van der Waals surface area contributed by atoms with E-state index in [-0.39, 0.29) is 29.2 Å². The number of carbonyl (C=O) groups excluding carboxylic acids is 2. The second-order valence-electron chi connectivity index (χ2n) is 8.69. The molecule has 1 N–H and O–H groups in total. The number of thioether (sulfide) groups is 1. The number of amides is 2. The summed E-state index contributed by atoms with van der Waals surface area (Å²) < 4.78 is 5.54. The third-order valence-corrected chi connectivity index (χ3v) is 8.75. The summed E-state index contributed by atoms with van der Waals surface area (Å²) in [6, 6.07) is 12.5. The summed E-state index contributed by atoms with van der Waals surface area (Å²) in [6.07, 6.45) is 3.30. The van der Waals surface area contributed by atoms with Crippen LogP contribution in [0.5, 0.6) is 0 Å². The number of rotatable bonds is 8. The number of piperidine rings is 1. The van der Waals surface area contributed by atoms with Crippen molar-refractivity contribution in [3.63, 3.8) is 0 Å². The number of anilines is 1. The van der Waals surface area contributed by atoms with Gasteiger partial charge in [0.05, 0.1) is 26.6 Å². The molecule has 38 heavy (non-hydrogen) atoms. The first-order valence-corrected chi connectivity index (χ1v) is 14.7. The molecule has 0 bridgehead atoms. The minimum absolute atomic E-state index is 0.0513. The Morgan fingerprint density at radius 3 is 2.68 bits per heavy atom. The van der Waals surface area contributed by atoms with E-state index in [1.165, 1.54) is 11.8 Å². The van der Waals surface area contributed by atoms with Gasteiger partial charge >= 0.3 is 0 Å². The predicted octanol–water partition coefficient (Wildman–Crippen LogP) is 6.24. The highest BCUT2D eigenvalue weighted by Gasteiger charge is 2.26. The van der Waals surface area contributed by atoms with E-state index in [0.29, 0.717) is 40.4 Å². The first kappa shape index (κ1) is 26.7. The number of thiazole rings is 1. The van der Waals surface area contributed by atoms with Gasteiger partial charge in [-0.05, 0) is 37.1 Å². The maximum atomic E-state index is 12.6. The Bertz CT molecular complexity index is 1420. The quantitative estimate of drug-likeness (QED) is 0.260. The third-order valence-electron chi connectivity index (χ3n) is 6.09. The van der Waals surface area contributed by atoms with Gasteiger partial charge in [0, 0.05) is 42.2 Å². The van der Waals surface area contributed by atoms with Gasteiger partial charge in [-0.2, -0.15) is 0 Å². The molecule has 5 rings (SSSR count). The Morgan fingerprint density at radius 1 is 1.08 bits per heavy atom. The third kappa shape index (κ3) is 6.55. The van der Waals surface area contributed by atoms with E-state index < -0.39 is 0 Å². The van der Waals surface area contributed by atoms with Crippen LogP contribution >= 0.6 is 46.3 Å². The lowest BCUT2D eigenvalue weighted by atomic mass is 9.97. The molecule has 3 aromatic heterocycles. The van der Waals surface area contributed by atoms with Gasteiger partial charge < -0.3 is 14.7 Å². The van der Waals surface area contributed by atoms with Crippen molar-refractivity contribution in [1.29, 1.82) is 0 Å². The molecule has 196 valence electrons. The van der Waals surface area contributed by atoms with Gasteiger partial charge in [0.25, 0.3) is 0 Å². The summed E-state index contributed by atoms with van der Waals surface area (Å²) in [4.78, 5) is 35.4. The number of halogens is 2. The highest BCUT2D eigenvalue weighted by Crippen LogP contribution is 2.35. The molecular formula is C26H23Cl2N5O3S2. The van der Waals surface area contributed by atoms with Gasteiger partial charge in [-0.25, -0.2) is 9.97 Å². The first-order valence-electron chi connectivity index (χ1n) is 11.9. The van der Waals surface area contributed by atoms with Crippen LogP contribution in [0.15, 0.2) is 58.6 Å². The van der Waals surface area contributed by atoms with Crippen molar-refractivity contribution in [2.75, 3.05) is 29.9 Å². The smallest absolute Gasteiger partial charge is 0.235 e. The van der Waals surface area contributed by atoms with E-state index in [9.17, 15) is 9.59 Å². The average Bonchev–Trinajstić information content (AvgIpc) is 3.61. The Balaban J connectivity index is 1.09. The molecule has 4 heterocycles. The van der Waals surface area contributed by atoms with Crippen LogP contribution in [-0.2, 0) is 9.59 Å². The number of nitrogens with one attached hydrogen (secondary N) is 1. The van der Waals surface area contributed by atoms with Gasteiger partial charge in [-0.1, -0.05) is 40.5 Å². The number of nitrogens with zero attached hydrogens (tertiary/aromatic N) is 4. The molecular weight excluding hydrogens is 565 g/mol. The molecule has 1 aliphatic rings. The molecule has 1 saturated heterocycles. The summed E-state index contributed by atoms with van der Waals surface area (Å²) in [6.45, 7) is 1.34. The molecule has 0 atom stereocenters. The molecule has 0 aliphatic carbocycles. The normalized spacial score (nSPS) is 14.0. The standard InChI is InChI=1S/C26H23Cl2N5O3S2/c27-18-5-4-17(11-19(18)28)20-12-22(36-32-20)21-13-38-26(30-21)16-6-9-33(10-7-16)25(35)15-37-14-24(34)31-23-3-1-2-8-29-23/h1-5,8,11-13,16H,6-7,9-10,14-15H2,(H,29,31,34). The molecule has 0 unspecified atom stereocenters.